The lowest BCUT2D eigenvalue weighted by molar-refractivity contribution is 0.297. The third kappa shape index (κ3) is 4.56. The second-order valence-electron chi connectivity index (χ2n) is 5.94. The van der Waals surface area contributed by atoms with E-state index in [0.29, 0.717) is 18.0 Å². The van der Waals surface area contributed by atoms with Crippen molar-refractivity contribution in [1.29, 1.82) is 0 Å². The van der Waals surface area contributed by atoms with Crippen molar-refractivity contribution in [2.45, 2.75) is 50.5 Å². The van der Waals surface area contributed by atoms with Gasteiger partial charge in [-0.2, -0.15) is 0 Å². The van der Waals surface area contributed by atoms with E-state index in [-0.39, 0.29) is 0 Å². The van der Waals surface area contributed by atoms with E-state index in [4.69, 9.17) is 0 Å². The maximum atomic E-state index is 12.3. The van der Waals surface area contributed by atoms with Crippen LogP contribution in [0.3, 0.4) is 0 Å². The summed E-state index contributed by atoms with van der Waals surface area (Å²) in [5.74, 6) is 0.720. The zero-order valence-electron chi connectivity index (χ0n) is 13.1. The molecule has 1 saturated carbocycles. The molecule has 2 N–H and O–H groups in total. The maximum Gasteiger partial charge on any atom is 0.242 e. The second kappa shape index (κ2) is 7.42. The minimum absolute atomic E-state index is 0.368. The van der Waals surface area contributed by atoms with Crippen LogP contribution in [0.4, 0.5) is 0 Å². The summed E-state index contributed by atoms with van der Waals surface area (Å²) in [4.78, 5) is 0.368. The SMILES string of the molecule is CCCNCc1cc(S(=O)(=O)NCCC2CCC2)cn1C. The Bertz CT molecular complexity index is 547. The lowest BCUT2D eigenvalue weighted by Gasteiger charge is -2.24. The molecule has 0 aliphatic heterocycles. The highest BCUT2D eigenvalue weighted by molar-refractivity contribution is 7.89. The van der Waals surface area contributed by atoms with Crippen LogP contribution in [0.25, 0.3) is 0 Å². The molecule has 1 aromatic heterocycles. The number of nitrogens with one attached hydrogen (secondary N) is 2. The fraction of sp³-hybridized carbons (Fsp3) is 0.733. The number of aromatic nitrogens is 1. The van der Waals surface area contributed by atoms with Crippen LogP contribution < -0.4 is 10.0 Å². The molecule has 0 spiro atoms. The molecule has 0 saturated heterocycles. The third-order valence-corrected chi connectivity index (χ3v) is 5.62. The van der Waals surface area contributed by atoms with E-state index in [2.05, 4.69) is 17.0 Å². The van der Waals surface area contributed by atoms with Crippen molar-refractivity contribution in [3.8, 4) is 0 Å². The molecule has 0 unspecified atom stereocenters. The van der Waals surface area contributed by atoms with Gasteiger partial charge in [-0.05, 0) is 31.4 Å². The summed E-state index contributed by atoms with van der Waals surface area (Å²) in [5, 5.41) is 3.29. The van der Waals surface area contributed by atoms with E-state index in [0.717, 1.165) is 31.0 Å². The molecule has 0 radical (unpaired) electrons. The quantitative estimate of drug-likeness (QED) is 0.685. The molecule has 2 rings (SSSR count). The molecule has 0 atom stereocenters. The van der Waals surface area contributed by atoms with Gasteiger partial charge in [0.05, 0.1) is 4.90 Å². The Labute approximate surface area is 128 Å². The third-order valence-electron chi connectivity index (χ3n) is 4.20. The normalized spacial score (nSPS) is 16.1. The average Bonchev–Trinajstić information content (AvgIpc) is 2.75. The standard InChI is InChI=1S/C15H27N3O2S/c1-3-8-16-11-14-10-15(12-18(14)2)21(19,20)17-9-7-13-5-4-6-13/h10,12-13,16-17H,3-9,11H2,1-2H3. The molecule has 0 aromatic carbocycles. The molecule has 1 fully saturated rings. The minimum atomic E-state index is -3.37. The van der Waals surface area contributed by atoms with Gasteiger partial charge in [-0.1, -0.05) is 26.2 Å². The Kier molecular flexibility index (Phi) is 5.84. The van der Waals surface area contributed by atoms with E-state index >= 15 is 0 Å². The Morgan fingerprint density at radius 2 is 2.10 bits per heavy atom. The van der Waals surface area contributed by atoms with E-state index < -0.39 is 10.0 Å². The Morgan fingerprint density at radius 1 is 1.33 bits per heavy atom. The molecule has 0 bridgehead atoms. The van der Waals surface area contributed by atoms with Gasteiger partial charge < -0.3 is 9.88 Å². The molecule has 6 heteroatoms. The van der Waals surface area contributed by atoms with Gasteiger partial charge in [0.25, 0.3) is 0 Å². The first-order chi connectivity index (χ1) is 10.0. The van der Waals surface area contributed by atoms with Gasteiger partial charge in [-0.3, -0.25) is 0 Å². The zero-order chi connectivity index (χ0) is 15.3. The first-order valence-corrected chi connectivity index (χ1v) is 9.37. The van der Waals surface area contributed by atoms with Gasteiger partial charge in [-0.15, -0.1) is 0 Å². The number of hydrogen-bond donors (Lipinski definition) is 2. The zero-order valence-corrected chi connectivity index (χ0v) is 13.9. The number of sulfonamides is 1. The molecule has 21 heavy (non-hydrogen) atoms. The van der Waals surface area contributed by atoms with Crippen molar-refractivity contribution < 1.29 is 8.42 Å². The number of rotatable bonds is 9. The van der Waals surface area contributed by atoms with Crippen molar-refractivity contribution in [2.75, 3.05) is 13.1 Å². The number of aryl methyl sites for hydroxylation is 1. The lowest BCUT2D eigenvalue weighted by Crippen LogP contribution is -2.27. The summed E-state index contributed by atoms with van der Waals surface area (Å²) in [6.45, 7) is 4.29. The van der Waals surface area contributed by atoms with E-state index in [1.807, 2.05) is 11.6 Å². The van der Waals surface area contributed by atoms with Crippen LogP contribution >= 0.6 is 0 Å². The van der Waals surface area contributed by atoms with E-state index in [9.17, 15) is 8.42 Å². The average molecular weight is 313 g/mol. The van der Waals surface area contributed by atoms with E-state index in [1.54, 1.807) is 12.3 Å². The molecule has 1 aliphatic rings. The van der Waals surface area contributed by atoms with Crippen LogP contribution in [-0.4, -0.2) is 26.1 Å². The molecule has 1 aliphatic carbocycles. The molecular formula is C15H27N3O2S. The molecule has 5 nitrogen and oxygen atoms in total. The number of nitrogens with zero attached hydrogens (tertiary/aromatic N) is 1. The van der Waals surface area contributed by atoms with Gasteiger partial charge in [0, 0.05) is 32.0 Å². The smallest absolute Gasteiger partial charge is 0.242 e. The predicted octanol–water partition coefficient (Wildman–Crippen LogP) is 1.99. The Balaban J connectivity index is 1.90. The topological polar surface area (TPSA) is 63.1 Å². The Morgan fingerprint density at radius 3 is 2.71 bits per heavy atom. The summed E-state index contributed by atoms with van der Waals surface area (Å²) in [6.07, 6.45) is 7.51. The highest BCUT2D eigenvalue weighted by Crippen LogP contribution is 2.28. The molecule has 1 aromatic rings. The molecular weight excluding hydrogens is 286 g/mol. The summed E-state index contributed by atoms with van der Waals surface area (Å²) in [6, 6.07) is 1.76. The largest absolute Gasteiger partial charge is 0.352 e. The maximum absolute atomic E-state index is 12.3. The van der Waals surface area contributed by atoms with Gasteiger partial charge in [-0.25, -0.2) is 13.1 Å². The van der Waals surface area contributed by atoms with Crippen molar-refractivity contribution in [3.05, 3.63) is 18.0 Å². The van der Waals surface area contributed by atoms with Gasteiger partial charge in [0.1, 0.15) is 0 Å². The van der Waals surface area contributed by atoms with E-state index in [1.165, 1.54) is 19.3 Å². The summed E-state index contributed by atoms with van der Waals surface area (Å²) >= 11 is 0. The predicted molar refractivity (Wildman–Crippen MR) is 84.6 cm³/mol. The van der Waals surface area contributed by atoms with Crippen LogP contribution in [0.2, 0.25) is 0 Å². The highest BCUT2D eigenvalue weighted by Gasteiger charge is 2.20. The van der Waals surface area contributed by atoms with Crippen molar-refractivity contribution in [1.82, 2.24) is 14.6 Å². The summed E-state index contributed by atoms with van der Waals surface area (Å²) < 4.78 is 29.1. The lowest BCUT2D eigenvalue weighted by atomic mass is 9.83. The van der Waals surface area contributed by atoms with Crippen LogP contribution in [0.15, 0.2) is 17.2 Å². The van der Waals surface area contributed by atoms with Gasteiger partial charge in [0.15, 0.2) is 0 Å². The molecule has 120 valence electrons. The first-order valence-electron chi connectivity index (χ1n) is 7.88. The summed E-state index contributed by atoms with van der Waals surface area (Å²) in [5.41, 5.74) is 0.989. The van der Waals surface area contributed by atoms with Crippen molar-refractivity contribution in [2.24, 2.45) is 13.0 Å². The van der Waals surface area contributed by atoms with Gasteiger partial charge in [0.2, 0.25) is 10.0 Å². The summed E-state index contributed by atoms with van der Waals surface area (Å²) in [7, 11) is -1.49. The fourth-order valence-corrected chi connectivity index (χ4v) is 3.70. The van der Waals surface area contributed by atoms with Crippen LogP contribution in [-0.2, 0) is 23.6 Å². The van der Waals surface area contributed by atoms with Crippen molar-refractivity contribution >= 4 is 10.0 Å². The van der Waals surface area contributed by atoms with Crippen LogP contribution in [0.5, 0.6) is 0 Å². The minimum Gasteiger partial charge on any atom is -0.352 e. The molecule has 1 heterocycles. The number of hydrogen-bond acceptors (Lipinski definition) is 3. The Hall–Kier alpha value is -0.850. The second-order valence-corrected chi connectivity index (χ2v) is 7.71. The van der Waals surface area contributed by atoms with Gasteiger partial charge >= 0.3 is 0 Å². The van der Waals surface area contributed by atoms with Crippen LogP contribution in [0, 0.1) is 5.92 Å². The van der Waals surface area contributed by atoms with Crippen LogP contribution in [0.1, 0.15) is 44.7 Å². The highest BCUT2D eigenvalue weighted by atomic mass is 32.2. The first kappa shape index (κ1) is 16.5. The fourth-order valence-electron chi connectivity index (χ4n) is 2.56. The van der Waals surface area contributed by atoms with Crippen molar-refractivity contribution in [3.63, 3.8) is 0 Å². The monoisotopic (exact) mass is 313 g/mol. The molecule has 0 amide bonds.